The third-order valence-corrected chi connectivity index (χ3v) is 5.50. The molecule has 0 unspecified atom stereocenters. The Kier molecular flexibility index (Phi) is 6.30. The number of benzene rings is 3. The van der Waals surface area contributed by atoms with E-state index in [0.29, 0.717) is 37.4 Å². The minimum absolute atomic E-state index is 0.0772. The number of carbonyl (C=O) groups is 2. The number of nitrogens with zero attached hydrogens (tertiary/aromatic N) is 3. The fourth-order valence-corrected chi connectivity index (χ4v) is 3.67. The van der Waals surface area contributed by atoms with Crippen molar-refractivity contribution in [3.63, 3.8) is 0 Å². The lowest BCUT2D eigenvalue weighted by Crippen LogP contribution is -2.49. The monoisotopic (exact) mass is 448 g/mol. The molecule has 0 atom stereocenters. The summed E-state index contributed by atoms with van der Waals surface area (Å²) in [6, 6.07) is 18.7. The molecule has 1 saturated heterocycles. The van der Waals surface area contributed by atoms with Gasteiger partial charge in [0.1, 0.15) is 5.82 Å². The standard InChI is InChI=1S/C24H21FN4O4/c25-22-4-2-1-3-21(22)24(31)28-15-13-27(14-16-28)19-11-7-18(8-12-19)26-23(30)17-5-9-20(10-6-17)29(32)33/h1-12H,13-16H2,(H,26,30). The van der Waals surface area contributed by atoms with Crippen LogP contribution in [0.2, 0.25) is 0 Å². The SMILES string of the molecule is O=C(Nc1ccc(N2CCN(C(=O)c3ccccc3F)CC2)cc1)c1ccc([N+](=O)[O-])cc1. The number of nitro benzene ring substituents is 1. The summed E-state index contributed by atoms with van der Waals surface area (Å²) in [6.07, 6.45) is 0. The quantitative estimate of drug-likeness (QED) is 0.471. The van der Waals surface area contributed by atoms with Crippen LogP contribution < -0.4 is 10.2 Å². The number of hydrogen-bond acceptors (Lipinski definition) is 5. The maximum absolute atomic E-state index is 13.9. The van der Waals surface area contributed by atoms with Gasteiger partial charge in [0.05, 0.1) is 10.5 Å². The highest BCUT2D eigenvalue weighted by Gasteiger charge is 2.24. The van der Waals surface area contributed by atoms with Crippen molar-refractivity contribution in [3.05, 3.63) is 99.9 Å². The van der Waals surface area contributed by atoms with Crippen LogP contribution in [0.25, 0.3) is 0 Å². The van der Waals surface area contributed by atoms with Gasteiger partial charge in [-0.1, -0.05) is 12.1 Å². The largest absolute Gasteiger partial charge is 0.368 e. The van der Waals surface area contributed by atoms with Crippen LogP contribution in [0.4, 0.5) is 21.5 Å². The fourth-order valence-electron chi connectivity index (χ4n) is 3.67. The highest BCUT2D eigenvalue weighted by atomic mass is 19.1. The van der Waals surface area contributed by atoms with Crippen LogP contribution in [0.1, 0.15) is 20.7 Å². The van der Waals surface area contributed by atoms with Crippen LogP contribution in [0.15, 0.2) is 72.8 Å². The molecule has 3 aromatic rings. The molecule has 1 aliphatic heterocycles. The molecule has 168 valence electrons. The van der Waals surface area contributed by atoms with Crippen molar-refractivity contribution in [1.82, 2.24) is 4.90 Å². The van der Waals surface area contributed by atoms with E-state index in [2.05, 4.69) is 10.2 Å². The second kappa shape index (κ2) is 9.47. The van der Waals surface area contributed by atoms with Gasteiger partial charge in [-0.15, -0.1) is 0 Å². The van der Waals surface area contributed by atoms with Gasteiger partial charge in [-0.3, -0.25) is 19.7 Å². The third kappa shape index (κ3) is 4.98. The summed E-state index contributed by atoms with van der Waals surface area (Å²) in [7, 11) is 0. The van der Waals surface area contributed by atoms with Gasteiger partial charge in [0.15, 0.2) is 0 Å². The highest BCUT2D eigenvalue weighted by Crippen LogP contribution is 2.21. The smallest absolute Gasteiger partial charge is 0.269 e. The Morgan fingerprint density at radius 1 is 0.879 bits per heavy atom. The van der Waals surface area contributed by atoms with Gasteiger partial charge in [0.25, 0.3) is 17.5 Å². The Labute approximate surface area is 189 Å². The van der Waals surface area contributed by atoms with Crippen molar-refractivity contribution in [2.75, 3.05) is 36.4 Å². The van der Waals surface area contributed by atoms with E-state index >= 15 is 0 Å². The molecule has 4 rings (SSSR count). The van der Waals surface area contributed by atoms with Crippen LogP contribution in [-0.4, -0.2) is 47.8 Å². The number of carbonyl (C=O) groups excluding carboxylic acids is 2. The second-order valence-corrected chi connectivity index (χ2v) is 7.56. The summed E-state index contributed by atoms with van der Waals surface area (Å²) in [4.78, 5) is 38.9. The Bertz CT molecular complexity index is 1170. The van der Waals surface area contributed by atoms with E-state index in [9.17, 15) is 24.1 Å². The molecule has 1 aliphatic rings. The first-order chi connectivity index (χ1) is 15.9. The molecule has 0 saturated carbocycles. The molecular weight excluding hydrogens is 427 g/mol. The van der Waals surface area contributed by atoms with Gasteiger partial charge in [-0.2, -0.15) is 0 Å². The number of hydrogen-bond donors (Lipinski definition) is 1. The molecule has 8 nitrogen and oxygen atoms in total. The summed E-state index contributed by atoms with van der Waals surface area (Å²) in [5.74, 6) is -1.19. The molecular formula is C24H21FN4O4. The number of anilines is 2. The summed E-state index contributed by atoms with van der Waals surface area (Å²) in [6.45, 7) is 2.17. The molecule has 0 spiro atoms. The molecule has 0 radical (unpaired) electrons. The first kappa shape index (κ1) is 21.9. The van der Waals surface area contributed by atoms with E-state index in [1.54, 1.807) is 29.2 Å². The van der Waals surface area contributed by atoms with Gasteiger partial charge in [-0.05, 0) is 48.5 Å². The topological polar surface area (TPSA) is 95.8 Å². The van der Waals surface area contributed by atoms with E-state index < -0.39 is 10.7 Å². The summed E-state index contributed by atoms with van der Waals surface area (Å²) in [5.41, 5.74) is 1.86. The van der Waals surface area contributed by atoms with Crippen molar-refractivity contribution < 1.29 is 18.9 Å². The number of halogens is 1. The van der Waals surface area contributed by atoms with Crippen LogP contribution in [0.5, 0.6) is 0 Å². The predicted octanol–water partition coefficient (Wildman–Crippen LogP) is 3.95. The average Bonchev–Trinajstić information content (AvgIpc) is 2.84. The maximum Gasteiger partial charge on any atom is 0.269 e. The first-order valence-corrected chi connectivity index (χ1v) is 10.4. The normalized spacial score (nSPS) is 13.5. The Balaban J connectivity index is 1.33. The zero-order valence-corrected chi connectivity index (χ0v) is 17.6. The van der Waals surface area contributed by atoms with E-state index in [1.165, 1.54) is 36.4 Å². The number of amides is 2. The lowest BCUT2D eigenvalue weighted by molar-refractivity contribution is -0.384. The van der Waals surface area contributed by atoms with E-state index in [-0.39, 0.29) is 23.1 Å². The van der Waals surface area contributed by atoms with Crippen molar-refractivity contribution in [2.24, 2.45) is 0 Å². The molecule has 1 heterocycles. The molecule has 0 aliphatic carbocycles. The second-order valence-electron chi connectivity index (χ2n) is 7.56. The molecule has 33 heavy (non-hydrogen) atoms. The number of nitrogens with one attached hydrogen (secondary N) is 1. The first-order valence-electron chi connectivity index (χ1n) is 10.4. The number of piperazine rings is 1. The highest BCUT2D eigenvalue weighted by molar-refractivity contribution is 6.04. The fraction of sp³-hybridized carbons (Fsp3) is 0.167. The third-order valence-electron chi connectivity index (χ3n) is 5.50. The van der Waals surface area contributed by atoms with Crippen LogP contribution in [0, 0.1) is 15.9 Å². The number of nitro groups is 1. The van der Waals surface area contributed by atoms with Crippen LogP contribution in [0.3, 0.4) is 0 Å². The Morgan fingerprint density at radius 3 is 2.12 bits per heavy atom. The van der Waals surface area contributed by atoms with Crippen molar-refractivity contribution >= 4 is 28.9 Å². The summed E-state index contributed by atoms with van der Waals surface area (Å²) >= 11 is 0. The molecule has 3 aromatic carbocycles. The van der Waals surface area contributed by atoms with Crippen LogP contribution in [-0.2, 0) is 0 Å². The summed E-state index contributed by atoms with van der Waals surface area (Å²) < 4.78 is 13.9. The van der Waals surface area contributed by atoms with Crippen molar-refractivity contribution in [2.45, 2.75) is 0 Å². The van der Waals surface area contributed by atoms with E-state index in [4.69, 9.17) is 0 Å². The minimum Gasteiger partial charge on any atom is -0.368 e. The summed E-state index contributed by atoms with van der Waals surface area (Å²) in [5, 5.41) is 13.5. The minimum atomic E-state index is -0.518. The van der Waals surface area contributed by atoms with Gasteiger partial charge in [-0.25, -0.2) is 4.39 Å². The number of non-ortho nitro benzene ring substituents is 1. The van der Waals surface area contributed by atoms with Crippen molar-refractivity contribution in [3.8, 4) is 0 Å². The van der Waals surface area contributed by atoms with E-state index in [0.717, 1.165) is 5.69 Å². The maximum atomic E-state index is 13.9. The average molecular weight is 448 g/mol. The molecule has 1 N–H and O–H groups in total. The van der Waals surface area contributed by atoms with Gasteiger partial charge in [0, 0.05) is 55.2 Å². The zero-order valence-electron chi connectivity index (χ0n) is 17.6. The molecule has 0 bridgehead atoms. The zero-order chi connectivity index (χ0) is 23.4. The van der Waals surface area contributed by atoms with Crippen molar-refractivity contribution in [1.29, 1.82) is 0 Å². The lowest BCUT2D eigenvalue weighted by Gasteiger charge is -2.36. The Hall–Kier alpha value is -4.27. The van der Waals surface area contributed by atoms with Crippen LogP contribution >= 0.6 is 0 Å². The van der Waals surface area contributed by atoms with Gasteiger partial charge in [0.2, 0.25) is 0 Å². The molecule has 0 aromatic heterocycles. The Morgan fingerprint density at radius 2 is 1.52 bits per heavy atom. The molecule has 1 fully saturated rings. The van der Waals surface area contributed by atoms with Gasteiger partial charge < -0.3 is 15.1 Å². The lowest BCUT2D eigenvalue weighted by atomic mass is 10.1. The van der Waals surface area contributed by atoms with Gasteiger partial charge >= 0.3 is 0 Å². The van der Waals surface area contributed by atoms with E-state index in [1.807, 2.05) is 12.1 Å². The number of rotatable bonds is 5. The molecule has 2 amide bonds. The molecule has 9 heteroatoms. The predicted molar refractivity (Wildman–Crippen MR) is 122 cm³/mol.